The Bertz CT molecular complexity index is 311. The van der Waals surface area contributed by atoms with Crippen LogP contribution < -0.4 is 10.5 Å². The highest BCUT2D eigenvalue weighted by Crippen LogP contribution is 2.12. The lowest BCUT2D eigenvalue weighted by molar-refractivity contribution is 0.319. The van der Waals surface area contributed by atoms with E-state index >= 15 is 0 Å². The third kappa shape index (κ3) is 4.25. The first-order chi connectivity index (χ1) is 7.24. The second kappa shape index (κ2) is 6.35. The number of hydrogen-bond donors (Lipinski definition) is 2. The zero-order valence-electron chi connectivity index (χ0n) is 8.82. The number of ether oxygens (including phenoxy) is 1. The van der Waals surface area contributed by atoms with Gasteiger partial charge in [-0.1, -0.05) is 0 Å². The normalized spacial score (nSPS) is 9.93. The van der Waals surface area contributed by atoms with Crippen LogP contribution >= 0.6 is 11.8 Å². The van der Waals surface area contributed by atoms with Gasteiger partial charge >= 0.3 is 0 Å². The fourth-order valence-electron chi connectivity index (χ4n) is 1.12. The van der Waals surface area contributed by atoms with Crippen molar-refractivity contribution in [1.29, 1.82) is 5.41 Å². The van der Waals surface area contributed by atoms with Crippen LogP contribution in [0.1, 0.15) is 12.0 Å². The molecule has 1 rings (SSSR count). The summed E-state index contributed by atoms with van der Waals surface area (Å²) in [6.07, 6.45) is 3.14. The van der Waals surface area contributed by atoms with Crippen molar-refractivity contribution in [3.8, 4) is 5.75 Å². The van der Waals surface area contributed by atoms with Crippen molar-refractivity contribution in [1.82, 2.24) is 0 Å². The second-order valence-corrected chi connectivity index (χ2v) is 4.12. The lowest BCUT2D eigenvalue weighted by atomic mass is 10.2. The molecule has 0 amide bonds. The first-order valence-electron chi connectivity index (χ1n) is 4.80. The fourth-order valence-corrected chi connectivity index (χ4v) is 1.53. The number of hydrogen-bond acceptors (Lipinski definition) is 3. The number of nitrogens with one attached hydrogen (secondary N) is 1. The summed E-state index contributed by atoms with van der Waals surface area (Å²) in [7, 11) is 0. The molecule has 0 aliphatic rings. The van der Waals surface area contributed by atoms with Gasteiger partial charge in [0.15, 0.2) is 0 Å². The van der Waals surface area contributed by atoms with Crippen LogP contribution in [0.15, 0.2) is 24.3 Å². The molecule has 1 aromatic rings. The number of thioether (sulfide) groups is 1. The van der Waals surface area contributed by atoms with E-state index in [-0.39, 0.29) is 5.84 Å². The summed E-state index contributed by atoms with van der Waals surface area (Å²) >= 11 is 1.82. The molecule has 3 N–H and O–H groups in total. The molecule has 0 fully saturated rings. The van der Waals surface area contributed by atoms with Gasteiger partial charge in [0, 0.05) is 5.56 Å². The van der Waals surface area contributed by atoms with Gasteiger partial charge in [-0.05, 0) is 42.7 Å². The molecule has 0 atom stereocenters. The predicted molar refractivity (Wildman–Crippen MR) is 66.0 cm³/mol. The Kier molecular flexibility index (Phi) is 5.04. The topological polar surface area (TPSA) is 59.1 Å². The minimum atomic E-state index is 0.0870. The van der Waals surface area contributed by atoms with E-state index in [0.717, 1.165) is 30.1 Å². The van der Waals surface area contributed by atoms with E-state index in [4.69, 9.17) is 15.9 Å². The Labute approximate surface area is 94.5 Å². The molecule has 0 radical (unpaired) electrons. The third-order valence-corrected chi connectivity index (χ3v) is 2.62. The number of amidine groups is 1. The minimum Gasteiger partial charge on any atom is -0.494 e. The van der Waals surface area contributed by atoms with Gasteiger partial charge in [0.1, 0.15) is 11.6 Å². The molecular formula is C11H16N2OS. The van der Waals surface area contributed by atoms with Gasteiger partial charge in [0.05, 0.1) is 6.61 Å². The van der Waals surface area contributed by atoms with Crippen molar-refractivity contribution in [3.63, 3.8) is 0 Å². The van der Waals surface area contributed by atoms with Gasteiger partial charge in [-0.25, -0.2) is 0 Å². The number of nitrogens with two attached hydrogens (primary N) is 1. The van der Waals surface area contributed by atoms with Crippen molar-refractivity contribution >= 4 is 17.6 Å². The second-order valence-electron chi connectivity index (χ2n) is 3.13. The summed E-state index contributed by atoms with van der Waals surface area (Å²) in [5.41, 5.74) is 6.07. The van der Waals surface area contributed by atoms with E-state index in [1.807, 2.05) is 23.9 Å². The summed E-state index contributed by atoms with van der Waals surface area (Å²) < 4.78 is 5.52. The monoisotopic (exact) mass is 224 g/mol. The summed E-state index contributed by atoms with van der Waals surface area (Å²) in [5.74, 6) is 2.04. The van der Waals surface area contributed by atoms with Crippen LogP contribution in [0.3, 0.4) is 0 Å². The molecule has 3 nitrogen and oxygen atoms in total. The molecule has 0 aromatic heterocycles. The molecule has 1 aromatic carbocycles. The predicted octanol–water partition coefficient (Wildman–Crippen LogP) is 2.10. The Hall–Kier alpha value is -1.16. The highest BCUT2D eigenvalue weighted by molar-refractivity contribution is 7.98. The SMILES string of the molecule is CSCCCOc1ccc(C(=N)N)cc1. The van der Waals surface area contributed by atoms with Crippen LogP contribution in [-0.4, -0.2) is 24.5 Å². The van der Waals surface area contributed by atoms with E-state index in [0.29, 0.717) is 0 Å². The van der Waals surface area contributed by atoms with Crippen molar-refractivity contribution in [2.75, 3.05) is 18.6 Å². The van der Waals surface area contributed by atoms with E-state index in [1.54, 1.807) is 12.1 Å². The van der Waals surface area contributed by atoms with Crippen LogP contribution in [0.2, 0.25) is 0 Å². The van der Waals surface area contributed by atoms with Crippen molar-refractivity contribution in [2.45, 2.75) is 6.42 Å². The van der Waals surface area contributed by atoms with Crippen molar-refractivity contribution in [2.24, 2.45) is 5.73 Å². The molecule has 15 heavy (non-hydrogen) atoms. The molecular weight excluding hydrogens is 208 g/mol. The minimum absolute atomic E-state index is 0.0870. The fraction of sp³-hybridized carbons (Fsp3) is 0.364. The van der Waals surface area contributed by atoms with Gasteiger partial charge < -0.3 is 10.5 Å². The van der Waals surface area contributed by atoms with Crippen LogP contribution in [0.4, 0.5) is 0 Å². The molecule has 0 heterocycles. The van der Waals surface area contributed by atoms with Gasteiger partial charge in [-0.15, -0.1) is 0 Å². The summed E-state index contributed by atoms with van der Waals surface area (Å²) in [6.45, 7) is 0.736. The van der Waals surface area contributed by atoms with Crippen molar-refractivity contribution < 1.29 is 4.74 Å². The lowest BCUT2D eigenvalue weighted by Gasteiger charge is -2.06. The largest absolute Gasteiger partial charge is 0.494 e. The Morgan fingerprint density at radius 1 is 1.40 bits per heavy atom. The zero-order valence-corrected chi connectivity index (χ0v) is 9.64. The summed E-state index contributed by atoms with van der Waals surface area (Å²) in [5, 5.41) is 7.23. The molecule has 0 saturated carbocycles. The first-order valence-corrected chi connectivity index (χ1v) is 6.19. The maximum atomic E-state index is 7.23. The first kappa shape index (κ1) is 11.9. The van der Waals surface area contributed by atoms with Crippen molar-refractivity contribution in [3.05, 3.63) is 29.8 Å². The molecule has 0 aliphatic heterocycles. The average molecular weight is 224 g/mol. The van der Waals surface area contributed by atoms with Gasteiger partial charge in [-0.3, -0.25) is 5.41 Å². The zero-order chi connectivity index (χ0) is 11.1. The molecule has 0 saturated heterocycles. The van der Waals surface area contributed by atoms with E-state index in [2.05, 4.69) is 6.26 Å². The quantitative estimate of drug-likeness (QED) is 0.442. The highest BCUT2D eigenvalue weighted by atomic mass is 32.2. The van der Waals surface area contributed by atoms with Crippen LogP contribution in [-0.2, 0) is 0 Å². The van der Waals surface area contributed by atoms with Gasteiger partial charge in [0.25, 0.3) is 0 Å². The maximum absolute atomic E-state index is 7.23. The van der Waals surface area contributed by atoms with E-state index in [9.17, 15) is 0 Å². The molecule has 0 spiro atoms. The van der Waals surface area contributed by atoms with E-state index < -0.39 is 0 Å². The molecule has 0 aliphatic carbocycles. The Balaban J connectivity index is 2.39. The number of rotatable bonds is 6. The van der Waals surface area contributed by atoms with Gasteiger partial charge in [0.2, 0.25) is 0 Å². The smallest absolute Gasteiger partial charge is 0.122 e. The molecule has 4 heteroatoms. The number of nitrogen functional groups attached to an aromatic ring is 1. The molecule has 0 unspecified atom stereocenters. The van der Waals surface area contributed by atoms with Crippen LogP contribution in [0, 0.1) is 5.41 Å². The van der Waals surface area contributed by atoms with Crippen LogP contribution in [0.5, 0.6) is 5.75 Å². The maximum Gasteiger partial charge on any atom is 0.122 e. The molecule has 82 valence electrons. The van der Waals surface area contributed by atoms with Gasteiger partial charge in [-0.2, -0.15) is 11.8 Å². The van der Waals surface area contributed by atoms with Crippen LogP contribution in [0.25, 0.3) is 0 Å². The molecule has 0 bridgehead atoms. The average Bonchev–Trinajstić information content (AvgIpc) is 2.25. The summed E-state index contributed by atoms with van der Waals surface area (Å²) in [6, 6.07) is 7.28. The Morgan fingerprint density at radius 3 is 2.60 bits per heavy atom. The standard InChI is InChI=1S/C11H16N2OS/c1-15-8-2-7-14-10-5-3-9(4-6-10)11(12)13/h3-6H,2,7-8H2,1H3,(H3,12,13). The number of benzene rings is 1. The lowest BCUT2D eigenvalue weighted by Crippen LogP contribution is -2.10. The van der Waals surface area contributed by atoms with E-state index in [1.165, 1.54) is 0 Å². The highest BCUT2D eigenvalue weighted by Gasteiger charge is 1.97. The Morgan fingerprint density at radius 2 is 2.07 bits per heavy atom. The third-order valence-electron chi connectivity index (χ3n) is 1.93. The summed E-state index contributed by atoms with van der Waals surface area (Å²) in [4.78, 5) is 0.